The molecule has 35 heavy (non-hydrogen) atoms. The molecule has 3 aromatic carbocycles. The summed E-state index contributed by atoms with van der Waals surface area (Å²) < 4.78 is 6.27. The molecule has 0 saturated heterocycles. The Hall–Kier alpha value is -3.38. The van der Waals surface area contributed by atoms with Crippen molar-refractivity contribution in [1.29, 1.82) is 0 Å². The maximum Gasteiger partial charge on any atom is 0.259 e. The molecule has 0 radical (unpaired) electrons. The van der Waals surface area contributed by atoms with Crippen molar-refractivity contribution in [3.63, 3.8) is 0 Å². The van der Waals surface area contributed by atoms with Crippen LogP contribution in [0.5, 0.6) is 5.75 Å². The quantitative estimate of drug-likeness (QED) is 0.399. The van der Waals surface area contributed by atoms with Crippen LogP contribution < -0.4 is 15.0 Å². The largest absolute Gasteiger partial charge is 0.497 e. The Morgan fingerprint density at radius 3 is 2.37 bits per heavy atom. The number of allylic oxidation sites excluding steroid dienone is 1. The SMILES string of the molecule is COc1ccc(C2C3=C(CC(C)(C)CC3=O)Nc3ccccc3N2C(=O)c2ccc(Br)cc2)cc1. The van der Waals surface area contributed by atoms with Gasteiger partial charge in [-0.2, -0.15) is 0 Å². The van der Waals surface area contributed by atoms with E-state index in [1.165, 1.54) is 0 Å². The normalized spacial score (nSPS) is 18.8. The molecule has 1 aliphatic carbocycles. The third kappa shape index (κ3) is 4.39. The molecule has 1 aliphatic heterocycles. The van der Waals surface area contributed by atoms with E-state index in [2.05, 4.69) is 35.1 Å². The number of ketones is 1. The predicted octanol–water partition coefficient (Wildman–Crippen LogP) is 6.91. The van der Waals surface area contributed by atoms with Gasteiger partial charge >= 0.3 is 0 Å². The summed E-state index contributed by atoms with van der Waals surface area (Å²) in [5.41, 5.74) is 4.31. The minimum absolute atomic E-state index is 0.0611. The van der Waals surface area contributed by atoms with Gasteiger partial charge in [0.25, 0.3) is 5.91 Å². The molecule has 0 fully saturated rings. The Kier molecular flexibility index (Phi) is 6.01. The third-order valence-corrected chi connectivity index (χ3v) is 7.17. The van der Waals surface area contributed by atoms with Gasteiger partial charge in [-0.1, -0.05) is 54.0 Å². The van der Waals surface area contributed by atoms with Crippen molar-refractivity contribution in [2.24, 2.45) is 5.41 Å². The van der Waals surface area contributed by atoms with E-state index >= 15 is 0 Å². The number of carbonyl (C=O) groups excluding carboxylic acids is 2. The summed E-state index contributed by atoms with van der Waals surface area (Å²) in [4.78, 5) is 29.7. The molecule has 0 aromatic heterocycles. The van der Waals surface area contributed by atoms with E-state index in [1.807, 2.05) is 60.7 Å². The minimum atomic E-state index is -0.577. The second kappa shape index (κ2) is 9.00. The highest BCUT2D eigenvalue weighted by Gasteiger charge is 2.43. The number of benzene rings is 3. The van der Waals surface area contributed by atoms with Crippen LogP contribution in [0.1, 0.15) is 48.7 Å². The summed E-state index contributed by atoms with van der Waals surface area (Å²) in [5, 5.41) is 3.55. The van der Waals surface area contributed by atoms with Gasteiger partial charge in [0, 0.05) is 27.7 Å². The molecule has 1 unspecified atom stereocenters. The standard InChI is InChI=1S/C29H27BrN2O3/c1-29(2)16-23-26(25(33)17-29)27(18-10-14-21(35-3)15-11-18)32(24-7-5-4-6-22(24)31-23)28(34)19-8-12-20(30)13-9-19/h4-15,27,31H,16-17H2,1-3H3. The highest BCUT2D eigenvalue weighted by molar-refractivity contribution is 9.10. The van der Waals surface area contributed by atoms with Crippen molar-refractivity contribution >= 4 is 39.0 Å². The molecule has 0 bridgehead atoms. The van der Waals surface area contributed by atoms with Gasteiger partial charge in [0.1, 0.15) is 5.75 Å². The van der Waals surface area contributed by atoms with Gasteiger partial charge in [0.2, 0.25) is 0 Å². The lowest BCUT2D eigenvalue weighted by Crippen LogP contribution is -2.39. The highest BCUT2D eigenvalue weighted by Crippen LogP contribution is 2.48. The van der Waals surface area contributed by atoms with Crippen LogP contribution in [0.2, 0.25) is 0 Å². The summed E-state index contributed by atoms with van der Waals surface area (Å²) in [6.45, 7) is 4.22. The van der Waals surface area contributed by atoms with Gasteiger partial charge < -0.3 is 10.1 Å². The predicted molar refractivity (Wildman–Crippen MR) is 142 cm³/mol. The zero-order valence-corrected chi connectivity index (χ0v) is 21.6. The molecule has 5 nitrogen and oxygen atoms in total. The zero-order valence-electron chi connectivity index (χ0n) is 20.0. The van der Waals surface area contributed by atoms with Crippen molar-refractivity contribution < 1.29 is 14.3 Å². The number of hydrogen-bond acceptors (Lipinski definition) is 4. The Labute approximate surface area is 213 Å². The molecule has 178 valence electrons. The summed E-state index contributed by atoms with van der Waals surface area (Å²) in [7, 11) is 1.62. The number of carbonyl (C=O) groups is 2. The van der Waals surface area contributed by atoms with E-state index in [9.17, 15) is 9.59 Å². The molecule has 2 aliphatic rings. The fourth-order valence-corrected chi connectivity index (χ4v) is 5.31. The van der Waals surface area contributed by atoms with Crippen LogP contribution in [0.4, 0.5) is 11.4 Å². The molecule has 0 spiro atoms. The first-order chi connectivity index (χ1) is 16.8. The summed E-state index contributed by atoms with van der Waals surface area (Å²) in [6.07, 6.45) is 1.15. The molecule has 6 heteroatoms. The molecular weight excluding hydrogens is 504 g/mol. The Balaban J connectivity index is 1.77. The van der Waals surface area contributed by atoms with Crippen LogP contribution in [0.15, 0.2) is 88.5 Å². The lowest BCUT2D eigenvalue weighted by atomic mass is 9.73. The third-order valence-electron chi connectivity index (χ3n) is 6.64. The Bertz CT molecular complexity index is 1330. The van der Waals surface area contributed by atoms with Gasteiger partial charge in [-0.15, -0.1) is 0 Å². The number of rotatable bonds is 3. The highest BCUT2D eigenvalue weighted by atomic mass is 79.9. The number of ether oxygens (including phenoxy) is 1. The lowest BCUT2D eigenvalue weighted by Gasteiger charge is -2.37. The Morgan fingerprint density at radius 2 is 1.69 bits per heavy atom. The van der Waals surface area contributed by atoms with Crippen LogP contribution in [-0.4, -0.2) is 18.8 Å². The van der Waals surface area contributed by atoms with Gasteiger partial charge in [0.05, 0.1) is 24.5 Å². The fourth-order valence-electron chi connectivity index (χ4n) is 5.04. The first-order valence-electron chi connectivity index (χ1n) is 11.6. The Morgan fingerprint density at radius 1 is 1.00 bits per heavy atom. The summed E-state index contributed by atoms with van der Waals surface area (Å²) in [5.74, 6) is 0.613. The van der Waals surface area contributed by atoms with Crippen molar-refractivity contribution in [2.45, 2.75) is 32.7 Å². The van der Waals surface area contributed by atoms with Gasteiger partial charge in [-0.25, -0.2) is 0 Å². The lowest BCUT2D eigenvalue weighted by molar-refractivity contribution is -0.118. The molecule has 1 atom stereocenters. The number of fused-ring (bicyclic) bond motifs is 1. The number of Topliss-reactive ketones (excluding diaryl/α,β-unsaturated/α-hetero) is 1. The number of nitrogens with one attached hydrogen (secondary N) is 1. The van der Waals surface area contributed by atoms with E-state index in [1.54, 1.807) is 24.1 Å². The van der Waals surface area contributed by atoms with Crippen molar-refractivity contribution in [3.8, 4) is 5.75 Å². The van der Waals surface area contributed by atoms with Gasteiger partial charge in [-0.05, 0) is 65.9 Å². The van der Waals surface area contributed by atoms with Crippen LogP contribution >= 0.6 is 15.9 Å². The first-order valence-corrected chi connectivity index (χ1v) is 12.4. The van der Waals surface area contributed by atoms with E-state index in [-0.39, 0.29) is 17.1 Å². The summed E-state index contributed by atoms with van der Waals surface area (Å²) >= 11 is 3.46. The molecule has 1 heterocycles. The zero-order chi connectivity index (χ0) is 24.7. The number of halogens is 1. The number of amides is 1. The number of para-hydroxylation sites is 2. The van der Waals surface area contributed by atoms with E-state index in [4.69, 9.17) is 4.74 Å². The molecule has 1 N–H and O–H groups in total. The van der Waals surface area contributed by atoms with E-state index < -0.39 is 6.04 Å². The number of methoxy groups -OCH3 is 1. The molecule has 3 aromatic rings. The van der Waals surface area contributed by atoms with Crippen LogP contribution in [-0.2, 0) is 4.79 Å². The number of anilines is 2. The fraction of sp³-hybridized carbons (Fsp3) is 0.241. The monoisotopic (exact) mass is 530 g/mol. The minimum Gasteiger partial charge on any atom is -0.497 e. The van der Waals surface area contributed by atoms with Crippen LogP contribution in [0.3, 0.4) is 0 Å². The van der Waals surface area contributed by atoms with Crippen molar-refractivity contribution in [1.82, 2.24) is 0 Å². The number of hydrogen-bond donors (Lipinski definition) is 1. The average molecular weight is 531 g/mol. The van der Waals surface area contributed by atoms with Crippen LogP contribution in [0.25, 0.3) is 0 Å². The van der Waals surface area contributed by atoms with Crippen LogP contribution in [0, 0.1) is 5.41 Å². The average Bonchev–Trinajstić information content (AvgIpc) is 2.97. The first kappa shape index (κ1) is 23.4. The number of nitrogens with zero attached hydrogens (tertiary/aromatic N) is 1. The summed E-state index contributed by atoms with van der Waals surface area (Å²) in [6, 6.07) is 22.1. The second-order valence-corrected chi connectivity index (χ2v) is 10.7. The molecule has 5 rings (SSSR count). The van der Waals surface area contributed by atoms with Gasteiger partial charge in [-0.3, -0.25) is 14.5 Å². The second-order valence-electron chi connectivity index (χ2n) is 9.83. The maximum absolute atomic E-state index is 14.2. The van der Waals surface area contributed by atoms with Crippen molar-refractivity contribution in [2.75, 3.05) is 17.3 Å². The smallest absolute Gasteiger partial charge is 0.259 e. The van der Waals surface area contributed by atoms with Gasteiger partial charge in [0.15, 0.2) is 5.78 Å². The maximum atomic E-state index is 14.2. The van der Waals surface area contributed by atoms with Crippen molar-refractivity contribution in [3.05, 3.63) is 99.7 Å². The van der Waals surface area contributed by atoms with E-state index in [0.717, 1.165) is 39.3 Å². The molecule has 1 amide bonds. The topological polar surface area (TPSA) is 58.6 Å². The molecule has 0 saturated carbocycles. The molecular formula is C29H27BrN2O3. The van der Waals surface area contributed by atoms with E-state index in [0.29, 0.717) is 17.6 Å².